The predicted molar refractivity (Wildman–Crippen MR) is 69.4 cm³/mol. The average Bonchev–Trinajstić information content (AvgIpc) is 3.17. The van der Waals surface area contributed by atoms with Crippen molar-refractivity contribution < 1.29 is 27.7 Å². The number of ether oxygens (including phenoxy) is 3. The number of methoxy groups -OCH3 is 3. The normalized spacial score (nSPS) is 14.9. The topological polar surface area (TPSA) is 82.1 Å². The Kier molecular flexibility index (Phi) is 5.44. The van der Waals surface area contributed by atoms with E-state index in [-0.39, 0.29) is 0 Å². The van der Waals surface area contributed by atoms with Crippen LogP contribution in [-0.4, -0.2) is 26.4 Å². The maximum atomic E-state index is 10.1. The van der Waals surface area contributed by atoms with Gasteiger partial charge >= 0.3 is 0 Å². The van der Waals surface area contributed by atoms with Crippen molar-refractivity contribution in [2.45, 2.75) is 18.4 Å². The van der Waals surface area contributed by atoms with E-state index in [2.05, 4.69) is 0 Å². The van der Waals surface area contributed by atoms with Crippen LogP contribution in [0.2, 0.25) is 0 Å². The quantitative estimate of drug-likeness (QED) is 0.662. The van der Waals surface area contributed by atoms with E-state index < -0.39 is 17.2 Å². The van der Waals surface area contributed by atoms with Gasteiger partial charge in [0.05, 0.1) is 26.9 Å². The Hall–Kier alpha value is -1.47. The molecule has 0 aliphatic heterocycles. The van der Waals surface area contributed by atoms with Crippen molar-refractivity contribution in [1.29, 1.82) is 0 Å². The molecule has 1 aliphatic rings. The summed E-state index contributed by atoms with van der Waals surface area (Å²) in [5, 5.41) is 10.1. The molecule has 1 fully saturated rings. The molecule has 7 heteroatoms. The predicted octanol–water partition coefficient (Wildman–Crippen LogP) is 1.19. The third kappa shape index (κ3) is 3.51. The lowest BCUT2D eigenvalue weighted by atomic mass is 10.1. The fourth-order valence-electron chi connectivity index (χ4n) is 1.76. The zero-order valence-electron chi connectivity index (χ0n) is 11.0. The summed E-state index contributed by atoms with van der Waals surface area (Å²) in [5.41, 5.74) is 0.120. The number of rotatable bonds is 4. The molecule has 0 bridgehead atoms. The molecule has 0 unspecified atom stereocenters. The third-order valence-corrected chi connectivity index (χ3v) is 2.93. The van der Waals surface area contributed by atoms with Gasteiger partial charge in [0.2, 0.25) is 5.75 Å². The standard InChI is InChI=1S/C12H16O4.HO2S/c1-14-9-6-8(12(13)4-5-12)7-10(15-2)11(9)16-3;1-3-2/h6-7,13H,4-5H2,1-3H3;3H/q;-1. The van der Waals surface area contributed by atoms with Gasteiger partial charge in [0, 0.05) is 0 Å². The lowest BCUT2D eigenvalue weighted by molar-refractivity contribution is 0.150. The van der Waals surface area contributed by atoms with E-state index in [0.717, 1.165) is 18.4 Å². The van der Waals surface area contributed by atoms with Gasteiger partial charge in [-0.2, -0.15) is 0 Å². The molecule has 2 rings (SSSR count). The van der Waals surface area contributed by atoms with Gasteiger partial charge in [-0.3, -0.25) is 0 Å². The highest BCUT2D eigenvalue weighted by atomic mass is 32.1. The first-order chi connectivity index (χ1) is 9.06. The van der Waals surface area contributed by atoms with Crippen LogP contribution in [0.3, 0.4) is 0 Å². The van der Waals surface area contributed by atoms with Crippen molar-refractivity contribution in [2.24, 2.45) is 0 Å². The van der Waals surface area contributed by atoms with Crippen LogP contribution in [0.25, 0.3) is 0 Å². The number of aliphatic hydroxyl groups is 1. The third-order valence-electron chi connectivity index (χ3n) is 2.93. The fourth-order valence-corrected chi connectivity index (χ4v) is 1.76. The van der Waals surface area contributed by atoms with Crippen LogP contribution in [0.5, 0.6) is 17.2 Å². The molecular formula is C12H17O6S-. The minimum atomic E-state index is -1.08. The Morgan fingerprint density at radius 2 is 1.47 bits per heavy atom. The Morgan fingerprint density at radius 1 is 1.05 bits per heavy atom. The van der Waals surface area contributed by atoms with Crippen molar-refractivity contribution in [3.05, 3.63) is 17.7 Å². The average molecular weight is 289 g/mol. The summed E-state index contributed by atoms with van der Waals surface area (Å²) >= 11 is -1.08. The summed E-state index contributed by atoms with van der Waals surface area (Å²) in [5.74, 6) is 1.72. The molecular weight excluding hydrogens is 272 g/mol. The van der Waals surface area contributed by atoms with Crippen molar-refractivity contribution in [3.8, 4) is 17.2 Å². The minimum Gasteiger partial charge on any atom is -0.493 e. The molecule has 0 amide bonds. The second-order valence-corrected chi connectivity index (χ2v) is 4.17. The molecule has 6 nitrogen and oxygen atoms in total. The zero-order chi connectivity index (χ0) is 14.5. The zero-order valence-corrected chi connectivity index (χ0v) is 11.9. The molecule has 0 spiro atoms. The highest BCUT2D eigenvalue weighted by Gasteiger charge is 2.43. The van der Waals surface area contributed by atoms with E-state index >= 15 is 0 Å². The van der Waals surface area contributed by atoms with Gasteiger partial charge in [-0.15, -0.1) is 0 Å². The van der Waals surface area contributed by atoms with Crippen LogP contribution in [-0.2, 0) is 25.6 Å². The largest absolute Gasteiger partial charge is 0.493 e. The molecule has 0 heterocycles. The summed E-state index contributed by atoms with van der Waals surface area (Å²) in [6.07, 6.45) is 1.57. The summed E-state index contributed by atoms with van der Waals surface area (Å²) in [7, 11) is 4.70. The first-order valence-electron chi connectivity index (χ1n) is 5.54. The second-order valence-electron chi connectivity index (χ2n) is 4.02. The molecule has 19 heavy (non-hydrogen) atoms. The van der Waals surface area contributed by atoms with Gasteiger partial charge < -0.3 is 27.7 Å². The highest BCUT2D eigenvalue weighted by molar-refractivity contribution is 7.51. The van der Waals surface area contributed by atoms with Gasteiger partial charge in [0.15, 0.2) is 11.5 Å². The molecule has 1 aliphatic carbocycles. The second kappa shape index (κ2) is 6.63. The summed E-state index contributed by atoms with van der Waals surface area (Å²) in [6.45, 7) is 0. The number of hydrogen-bond donors (Lipinski definition) is 1. The molecule has 0 atom stereocenters. The molecule has 1 saturated carbocycles. The Bertz CT molecular complexity index is 452. The van der Waals surface area contributed by atoms with Crippen LogP contribution in [0.4, 0.5) is 0 Å². The summed E-state index contributed by atoms with van der Waals surface area (Å²) in [6, 6.07) is 3.60. The summed E-state index contributed by atoms with van der Waals surface area (Å²) in [4.78, 5) is 0. The van der Waals surface area contributed by atoms with Gasteiger partial charge in [-0.1, -0.05) is 11.6 Å². The maximum absolute atomic E-state index is 10.1. The Morgan fingerprint density at radius 3 is 1.74 bits per heavy atom. The van der Waals surface area contributed by atoms with E-state index in [4.69, 9.17) is 22.6 Å². The maximum Gasteiger partial charge on any atom is 0.203 e. The fraction of sp³-hybridized carbons (Fsp3) is 0.500. The SMILES string of the molecule is COc1cc(C2(O)CC2)cc(OC)c1OC.O=[SH-]=O. The van der Waals surface area contributed by atoms with Gasteiger partial charge in [0.1, 0.15) is 0 Å². The molecule has 1 N–H and O–H groups in total. The van der Waals surface area contributed by atoms with Crippen molar-refractivity contribution in [3.63, 3.8) is 0 Å². The van der Waals surface area contributed by atoms with E-state index in [0.29, 0.717) is 17.2 Å². The lowest BCUT2D eigenvalue weighted by Crippen LogP contribution is -2.06. The van der Waals surface area contributed by atoms with Crippen molar-refractivity contribution in [1.82, 2.24) is 0 Å². The van der Waals surface area contributed by atoms with E-state index in [1.165, 1.54) is 0 Å². The van der Waals surface area contributed by atoms with Crippen molar-refractivity contribution >= 4 is 11.6 Å². The minimum absolute atomic E-state index is 0.554. The number of thiol groups is 1. The molecule has 1 aromatic rings. The first-order valence-corrected chi connectivity index (χ1v) is 6.27. The molecule has 1 aromatic carbocycles. The number of benzene rings is 1. The lowest BCUT2D eigenvalue weighted by Gasteiger charge is -2.16. The van der Waals surface area contributed by atoms with E-state index in [1.54, 1.807) is 33.5 Å². The number of hydrogen-bond acceptors (Lipinski definition) is 7. The van der Waals surface area contributed by atoms with Gasteiger partial charge in [-0.25, -0.2) is 0 Å². The van der Waals surface area contributed by atoms with E-state index in [1.807, 2.05) is 0 Å². The molecule has 0 radical (unpaired) electrons. The van der Waals surface area contributed by atoms with Crippen LogP contribution in [0.15, 0.2) is 12.1 Å². The van der Waals surface area contributed by atoms with Crippen molar-refractivity contribution in [2.75, 3.05) is 21.3 Å². The Labute approximate surface area is 114 Å². The molecule has 0 saturated heterocycles. The highest BCUT2D eigenvalue weighted by Crippen LogP contribution is 2.49. The monoisotopic (exact) mass is 289 g/mol. The van der Waals surface area contributed by atoms with Gasteiger partial charge in [0.25, 0.3) is 0 Å². The molecule has 0 aromatic heterocycles. The van der Waals surface area contributed by atoms with Gasteiger partial charge in [-0.05, 0) is 30.5 Å². The van der Waals surface area contributed by atoms with Crippen LogP contribution in [0.1, 0.15) is 18.4 Å². The van der Waals surface area contributed by atoms with Crippen LogP contribution >= 0.6 is 0 Å². The van der Waals surface area contributed by atoms with Crippen LogP contribution in [0, 0.1) is 0 Å². The Balaban J connectivity index is 0.000000550. The smallest absolute Gasteiger partial charge is 0.203 e. The summed E-state index contributed by atoms with van der Waals surface area (Å²) < 4.78 is 32.4. The van der Waals surface area contributed by atoms with E-state index in [9.17, 15) is 5.11 Å². The van der Waals surface area contributed by atoms with Crippen LogP contribution < -0.4 is 14.2 Å². The molecule has 108 valence electrons. The first kappa shape index (κ1) is 15.6.